The van der Waals surface area contributed by atoms with Gasteiger partial charge in [-0.05, 0) is 141 Å². The molecule has 0 aromatic heterocycles. The van der Waals surface area contributed by atoms with Crippen molar-refractivity contribution in [2.24, 2.45) is 17.8 Å². The van der Waals surface area contributed by atoms with E-state index in [1.165, 1.54) is 12.8 Å². The van der Waals surface area contributed by atoms with E-state index >= 15 is 0 Å². The lowest BCUT2D eigenvalue weighted by Gasteiger charge is -2.37. The van der Waals surface area contributed by atoms with E-state index < -0.39 is 0 Å². The molecule has 6 rings (SSSR count). The summed E-state index contributed by atoms with van der Waals surface area (Å²) in [7, 11) is 13.9. The standard InChI is InChI=1S/C48H61N3O8/c1-49(2)31-34(25-32-17-21-50(22-18-32)47(52)37-13-9-35(10-14-37)39-27-41(54-3)45(58-7)42(28-39)55-4)26-33-19-23-51(24-20-33)48(53)38-15-11-36(12-16-38)40-29-43(56-5)46(59-8)44(30-40)57-6/h9-16,27-30,32-34H,17-26,31H2,1-8H3. The van der Waals surface area contributed by atoms with Gasteiger partial charge in [-0.1, -0.05) is 24.3 Å². The number of methoxy groups -OCH3 is 6. The van der Waals surface area contributed by atoms with Crippen LogP contribution in [0, 0.1) is 17.8 Å². The van der Waals surface area contributed by atoms with E-state index in [9.17, 15) is 9.59 Å². The van der Waals surface area contributed by atoms with Crippen molar-refractivity contribution in [2.75, 3.05) is 89.5 Å². The molecule has 0 atom stereocenters. The Morgan fingerprint density at radius 2 is 0.847 bits per heavy atom. The first kappa shape index (κ1) is 43.2. The molecule has 0 bridgehead atoms. The van der Waals surface area contributed by atoms with Gasteiger partial charge >= 0.3 is 0 Å². The molecule has 2 saturated heterocycles. The van der Waals surface area contributed by atoms with Gasteiger partial charge in [0.15, 0.2) is 23.0 Å². The van der Waals surface area contributed by atoms with Gasteiger partial charge in [-0.2, -0.15) is 0 Å². The van der Waals surface area contributed by atoms with E-state index in [1.54, 1.807) is 42.7 Å². The molecule has 2 aliphatic rings. The molecule has 0 aliphatic carbocycles. The Morgan fingerprint density at radius 3 is 1.12 bits per heavy atom. The van der Waals surface area contributed by atoms with Crippen LogP contribution in [-0.2, 0) is 0 Å². The lowest BCUT2D eigenvalue weighted by Crippen LogP contribution is -2.40. The average Bonchev–Trinajstić information content (AvgIpc) is 3.27. The van der Waals surface area contributed by atoms with Crippen molar-refractivity contribution in [1.29, 1.82) is 0 Å². The SMILES string of the molecule is COc1cc(-c2ccc(C(=O)N3CCC(CC(CC4CCN(C(=O)c5ccc(-c6cc(OC)c(OC)c(OC)c6)cc5)CC4)CN(C)C)CC3)cc2)cc(OC)c1OC. The Morgan fingerprint density at radius 1 is 0.525 bits per heavy atom. The fourth-order valence-electron chi connectivity index (χ4n) is 8.92. The topological polar surface area (TPSA) is 99.2 Å². The molecule has 4 aromatic rings. The number of piperidine rings is 2. The van der Waals surface area contributed by atoms with E-state index in [0.717, 1.165) is 80.7 Å². The number of ether oxygens (including phenoxy) is 6. The Balaban J connectivity index is 0.987. The number of hydrogen-bond acceptors (Lipinski definition) is 9. The van der Waals surface area contributed by atoms with Crippen molar-refractivity contribution in [3.8, 4) is 56.8 Å². The highest BCUT2D eigenvalue weighted by atomic mass is 16.5. The van der Waals surface area contributed by atoms with Crippen LogP contribution in [0.1, 0.15) is 59.2 Å². The normalized spacial score (nSPS) is 15.0. The number of carbonyl (C=O) groups is 2. The molecule has 2 aliphatic heterocycles. The number of carbonyl (C=O) groups excluding carboxylic acids is 2. The number of nitrogens with zero attached hydrogens (tertiary/aromatic N) is 3. The summed E-state index contributed by atoms with van der Waals surface area (Å²) in [6, 6.07) is 23.2. The van der Waals surface area contributed by atoms with Gasteiger partial charge in [0.05, 0.1) is 42.7 Å². The zero-order valence-corrected chi connectivity index (χ0v) is 36.0. The van der Waals surface area contributed by atoms with Crippen LogP contribution in [0.2, 0.25) is 0 Å². The first-order valence-corrected chi connectivity index (χ1v) is 20.6. The van der Waals surface area contributed by atoms with E-state index in [-0.39, 0.29) is 11.8 Å². The van der Waals surface area contributed by atoms with Crippen molar-refractivity contribution < 1.29 is 38.0 Å². The van der Waals surface area contributed by atoms with E-state index in [0.29, 0.717) is 63.4 Å². The monoisotopic (exact) mass is 807 g/mol. The van der Waals surface area contributed by atoms with Crippen molar-refractivity contribution in [3.05, 3.63) is 83.9 Å². The minimum atomic E-state index is 0.0838. The third kappa shape index (κ3) is 10.2. The van der Waals surface area contributed by atoms with E-state index in [4.69, 9.17) is 28.4 Å². The third-order valence-electron chi connectivity index (χ3n) is 12.0. The van der Waals surface area contributed by atoms with Gasteiger partial charge in [0.2, 0.25) is 11.5 Å². The van der Waals surface area contributed by atoms with Crippen molar-refractivity contribution in [3.63, 3.8) is 0 Å². The fourth-order valence-corrected chi connectivity index (χ4v) is 8.92. The highest BCUT2D eigenvalue weighted by Gasteiger charge is 2.30. The van der Waals surface area contributed by atoms with Gasteiger partial charge in [-0.25, -0.2) is 0 Å². The van der Waals surface area contributed by atoms with Crippen LogP contribution < -0.4 is 28.4 Å². The molecule has 2 amide bonds. The van der Waals surface area contributed by atoms with Crippen LogP contribution >= 0.6 is 0 Å². The quantitative estimate of drug-likeness (QED) is 0.111. The van der Waals surface area contributed by atoms with E-state index in [2.05, 4.69) is 19.0 Å². The van der Waals surface area contributed by atoms with Crippen LogP contribution in [-0.4, -0.2) is 116 Å². The largest absolute Gasteiger partial charge is 0.493 e. The van der Waals surface area contributed by atoms with Gasteiger partial charge in [0.25, 0.3) is 11.8 Å². The first-order chi connectivity index (χ1) is 28.6. The summed E-state index contributed by atoms with van der Waals surface area (Å²) in [4.78, 5) is 33.5. The number of rotatable bonds is 16. The molecule has 2 fully saturated rings. The Bertz CT molecular complexity index is 1830. The van der Waals surface area contributed by atoms with Crippen LogP contribution in [0.4, 0.5) is 0 Å². The predicted molar refractivity (Wildman–Crippen MR) is 232 cm³/mol. The van der Waals surface area contributed by atoms with Crippen LogP contribution in [0.25, 0.3) is 22.3 Å². The van der Waals surface area contributed by atoms with Crippen LogP contribution in [0.3, 0.4) is 0 Å². The third-order valence-corrected chi connectivity index (χ3v) is 12.0. The number of benzene rings is 4. The van der Waals surface area contributed by atoms with Crippen molar-refractivity contribution >= 4 is 11.8 Å². The van der Waals surface area contributed by atoms with Gasteiger partial charge in [0, 0.05) is 43.9 Å². The second-order valence-electron chi connectivity index (χ2n) is 16.1. The van der Waals surface area contributed by atoms with Gasteiger partial charge < -0.3 is 43.1 Å². The molecule has 0 unspecified atom stereocenters. The number of hydrogen-bond donors (Lipinski definition) is 0. The fraction of sp³-hybridized carbons (Fsp3) is 0.458. The lowest BCUT2D eigenvalue weighted by atomic mass is 9.80. The summed E-state index contributed by atoms with van der Waals surface area (Å²) in [5.74, 6) is 5.38. The molecule has 59 heavy (non-hydrogen) atoms. The molecule has 4 aromatic carbocycles. The maximum atomic E-state index is 13.6. The molecule has 0 saturated carbocycles. The summed E-state index contributed by atoms with van der Waals surface area (Å²) in [6.07, 6.45) is 6.41. The Kier molecular flexibility index (Phi) is 14.7. The number of likely N-dealkylation sites (tertiary alicyclic amines) is 2. The molecular weight excluding hydrogens is 747 g/mol. The minimum Gasteiger partial charge on any atom is -0.493 e. The number of amides is 2. The molecule has 0 spiro atoms. The van der Waals surface area contributed by atoms with Gasteiger partial charge in [-0.15, -0.1) is 0 Å². The highest BCUT2D eigenvalue weighted by Crippen LogP contribution is 2.43. The maximum absolute atomic E-state index is 13.6. The predicted octanol–water partition coefficient (Wildman–Crippen LogP) is 8.43. The molecular formula is C48H61N3O8. The zero-order chi connectivity index (χ0) is 42.1. The van der Waals surface area contributed by atoms with Crippen molar-refractivity contribution in [1.82, 2.24) is 14.7 Å². The molecule has 0 N–H and O–H groups in total. The highest BCUT2D eigenvalue weighted by molar-refractivity contribution is 5.95. The summed E-state index contributed by atoms with van der Waals surface area (Å²) in [5, 5.41) is 0. The summed E-state index contributed by atoms with van der Waals surface area (Å²) < 4.78 is 33.1. The smallest absolute Gasteiger partial charge is 0.253 e. The Labute approximate surface area is 350 Å². The summed E-state index contributed by atoms with van der Waals surface area (Å²) >= 11 is 0. The summed E-state index contributed by atoms with van der Waals surface area (Å²) in [6.45, 7) is 4.15. The first-order valence-electron chi connectivity index (χ1n) is 20.6. The molecule has 2 heterocycles. The second-order valence-corrected chi connectivity index (χ2v) is 16.1. The van der Waals surface area contributed by atoms with Crippen LogP contribution in [0.15, 0.2) is 72.8 Å². The average molecular weight is 808 g/mol. The molecule has 0 radical (unpaired) electrons. The van der Waals surface area contributed by atoms with Crippen molar-refractivity contribution in [2.45, 2.75) is 38.5 Å². The summed E-state index contributed by atoms with van der Waals surface area (Å²) in [5.41, 5.74) is 5.15. The maximum Gasteiger partial charge on any atom is 0.253 e. The minimum absolute atomic E-state index is 0.0838. The zero-order valence-electron chi connectivity index (χ0n) is 36.0. The Hall–Kier alpha value is -5.42. The van der Waals surface area contributed by atoms with E-state index in [1.807, 2.05) is 82.6 Å². The molecule has 316 valence electrons. The molecule has 11 heteroatoms. The van der Waals surface area contributed by atoms with Gasteiger partial charge in [0.1, 0.15) is 0 Å². The molecule has 11 nitrogen and oxygen atoms in total. The van der Waals surface area contributed by atoms with Gasteiger partial charge in [-0.3, -0.25) is 9.59 Å². The lowest BCUT2D eigenvalue weighted by molar-refractivity contribution is 0.0654. The van der Waals surface area contributed by atoms with Crippen LogP contribution in [0.5, 0.6) is 34.5 Å². The second kappa shape index (κ2) is 20.0.